The molecule has 0 radical (unpaired) electrons. The minimum atomic E-state index is -2.55. The largest absolute Gasteiger partial charge is 0.380 e. The van der Waals surface area contributed by atoms with E-state index in [1.807, 2.05) is 6.07 Å². The smallest absolute Gasteiger partial charge is 0.282 e. The summed E-state index contributed by atoms with van der Waals surface area (Å²) in [6.07, 6.45) is 1.71. The van der Waals surface area contributed by atoms with Crippen LogP contribution < -0.4 is 20.4 Å². The Morgan fingerprint density at radius 3 is 2.95 bits per heavy atom. The van der Waals surface area contributed by atoms with Crippen LogP contribution in [0.1, 0.15) is 0 Å². The van der Waals surface area contributed by atoms with Gasteiger partial charge in [-0.3, -0.25) is 0 Å². The van der Waals surface area contributed by atoms with Gasteiger partial charge in [-0.25, -0.2) is 13.8 Å². The van der Waals surface area contributed by atoms with Crippen LogP contribution in [0.4, 0.5) is 26.0 Å². The third-order valence-electron chi connectivity index (χ3n) is 4.21. The molecule has 7 heteroatoms. The van der Waals surface area contributed by atoms with Gasteiger partial charge in [0.15, 0.2) is 5.82 Å². The predicted octanol–water partition coefficient (Wildman–Crippen LogP) is 0.741. The van der Waals surface area contributed by atoms with Gasteiger partial charge in [0, 0.05) is 26.2 Å². The van der Waals surface area contributed by atoms with Crippen LogP contribution in [0.5, 0.6) is 0 Å². The first kappa shape index (κ1) is 12.1. The number of halogens is 2. The Morgan fingerprint density at radius 1 is 1.30 bits per heavy atom. The highest BCUT2D eigenvalue weighted by molar-refractivity contribution is 5.73. The van der Waals surface area contributed by atoms with Gasteiger partial charge >= 0.3 is 0 Å². The number of alkyl halides is 2. The monoisotopic (exact) mass is 281 g/mol. The maximum absolute atomic E-state index is 12.9. The summed E-state index contributed by atoms with van der Waals surface area (Å²) in [5.74, 6) is -1.61. The van der Waals surface area contributed by atoms with E-state index < -0.39 is 5.92 Å². The fraction of sp³-hybridized carbons (Fsp3) is 0.615. The highest BCUT2D eigenvalue weighted by atomic mass is 19.3. The van der Waals surface area contributed by atoms with Gasteiger partial charge in [-0.15, -0.1) is 0 Å². The third-order valence-corrected chi connectivity index (χ3v) is 4.21. The minimum Gasteiger partial charge on any atom is -0.380 e. The van der Waals surface area contributed by atoms with Crippen LogP contribution in [0.2, 0.25) is 0 Å². The Kier molecular flexibility index (Phi) is 2.54. The van der Waals surface area contributed by atoms with Crippen molar-refractivity contribution in [1.29, 1.82) is 0 Å². The van der Waals surface area contributed by atoms with E-state index in [2.05, 4.69) is 20.5 Å². The molecule has 1 atom stereocenters. The molecule has 20 heavy (non-hydrogen) atoms. The maximum Gasteiger partial charge on any atom is 0.282 e. The van der Waals surface area contributed by atoms with Crippen LogP contribution in [0.25, 0.3) is 0 Å². The van der Waals surface area contributed by atoms with E-state index in [1.54, 1.807) is 11.1 Å². The summed E-state index contributed by atoms with van der Waals surface area (Å²) < 4.78 is 25.9. The molecule has 4 heterocycles. The van der Waals surface area contributed by atoms with E-state index in [9.17, 15) is 8.78 Å². The van der Waals surface area contributed by atoms with Gasteiger partial charge in [0.1, 0.15) is 0 Å². The van der Waals surface area contributed by atoms with Gasteiger partial charge in [-0.1, -0.05) is 0 Å². The lowest BCUT2D eigenvalue weighted by molar-refractivity contribution is -0.0262. The van der Waals surface area contributed by atoms with Crippen molar-refractivity contribution in [3.05, 3.63) is 12.3 Å². The number of piperazine rings is 1. The molecular formula is C13H17F2N5. The molecule has 3 aliphatic heterocycles. The average Bonchev–Trinajstić information content (AvgIpc) is 2.44. The Bertz CT molecular complexity index is 527. The van der Waals surface area contributed by atoms with Crippen molar-refractivity contribution in [2.45, 2.75) is 12.0 Å². The van der Waals surface area contributed by atoms with Gasteiger partial charge in [-0.05, 0) is 6.07 Å². The van der Waals surface area contributed by atoms with Crippen molar-refractivity contribution >= 4 is 17.2 Å². The molecule has 2 saturated heterocycles. The molecule has 0 bridgehead atoms. The van der Waals surface area contributed by atoms with Crippen molar-refractivity contribution < 1.29 is 8.78 Å². The summed E-state index contributed by atoms with van der Waals surface area (Å²) in [5, 5.41) is 6.74. The van der Waals surface area contributed by atoms with Gasteiger partial charge < -0.3 is 20.4 Å². The van der Waals surface area contributed by atoms with Gasteiger partial charge in [-0.2, -0.15) is 0 Å². The second-order valence-electron chi connectivity index (χ2n) is 5.71. The number of anilines is 3. The molecule has 0 aliphatic carbocycles. The van der Waals surface area contributed by atoms with E-state index in [-0.39, 0.29) is 13.1 Å². The van der Waals surface area contributed by atoms with E-state index in [0.29, 0.717) is 6.04 Å². The lowest BCUT2D eigenvalue weighted by Gasteiger charge is -2.43. The van der Waals surface area contributed by atoms with Crippen molar-refractivity contribution in [2.75, 3.05) is 54.4 Å². The molecule has 1 aromatic heterocycles. The zero-order valence-corrected chi connectivity index (χ0v) is 11.1. The first-order valence-corrected chi connectivity index (χ1v) is 6.96. The van der Waals surface area contributed by atoms with Crippen LogP contribution in [0, 0.1) is 0 Å². The van der Waals surface area contributed by atoms with Crippen molar-refractivity contribution in [3.8, 4) is 0 Å². The lowest BCUT2D eigenvalue weighted by atomic mass is 10.1. The number of hydrogen-bond acceptors (Lipinski definition) is 5. The summed E-state index contributed by atoms with van der Waals surface area (Å²) in [7, 11) is 0. The number of aromatic nitrogens is 1. The molecule has 0 unspecified atom stereocenters. The molecule has 0 saturated carbocycles. The van der Waals surface area contributed by atoms with Gasteiger partial charge in [0.2, 0.25) is 0 Å². The predicted molar refractivity (Wildman–Crippen MR) is 73.9 cm³/mol. The Labute approximate surface area is 116 Å². The molecule has 0 amide bonds. The molecular weight excluding hydrogens is 264 g/mol. The maximum atomic E-state index is 12.9. The second-order valence-corrected chi connectivity index (χ2v) is 5.71. The summed E-state index contributed by atoms with van der Waals surface area (Å²) in [6.45, 7) is 3.30. The molecule has 5 nitrogen and oxygen atoms in total. The van der Waals surface area contributed by atoms with E-state index in [4.69, 9.17) is 0 Å². The number of pyridine rings is 1. The summed E-state index contributed by atoms with van der Waals surface area (Å²) in [4.78, 5) is 8.47. The Hall–Kier alpha value is -1.63. The zero-order chi connectivity index (χ0) is 13.7. The molecule has 2 fully saturated rings. The molecule has 0 aromatic carbocycles. The molecule has 0 spiro atoms. The summed E-state index contributed by atoms with van der Waals surface area (Å²) in [5.41, 5.74) is 1.73. The number of rotatable bonds is 1. The standard InChI is InChI=1S/C13H17F2N5/c14-13(15)7-19(8-13)9-3-11-12(18-5-9)20-2-1-16-4-10(20)6-17-11/h3,5,10,16-17H,1-2,4,6-8H2/t10-/m1/s1. The number of fused-ring (bicyclic) bond motifs is 3. The second kappa shape index (κ2) is 4.18. The molecule has 1 aromatic rings. The van der Waals surface area contributed by atoms with E-state index in [0.717, 1.165) is 43.4 Å². The fourth-order valence-corrected chi connectivity index (χ4v) is 3.12. The minimum absolute atomic E-state index is 0.205. The van der Waals surface area contributed by atoms with Gasteiger partial charge in [0.25, 0.3) is 5.92 Å². The number of hydrogen-bond donors (Lipinski definition) is 2. The van der Waals surface area contributed by atoms with E-state index >= 15 is 0 Å². The van der Waals surface area contributed by atoms with Crippen molar-refractivity contribution in [1.82, 2.24) is 10.3 Å². The van der Waals surface area contributed by atoms with Gasteiger partial charge in [0.05, 0.1) is 36.7 Å². The Morgan fingerprint density at radius 2 is 2.15 bits per heavy atom. The third kappa shape index (κ3) is 1.88. The molecule has 2 N–H and O–H groups in total. The lowest BCUT2D eigenvalue weighted by Crippen LogP contribution is -2.57. The van der Waals surface area contributed by atoms with Crippen LogP contribution in [0.15, 0.2) is 12.3 Å². The quantitative estimate of drug-likeness (QED) is 0.795. The molecule has 108 valence electrons. The van der Waals surface area contributed by atoms with E-state index in [1.165, 1.54) is 0 Å². The Balaban J connectivity index is 1.59. The first-order chi connectivity index (χ1) is 9.62. The first-order valence-electron chi connectivity index (χ1n) is 6.96. The van der Waals surface area contributed by atoms with Crippen LogP contribution in [-0.2, 0) is 0 Å². The van der Waals surface area contributed by atoms with Crippen molar-refractivity contribution in [2.24, 2.45) is 0 Å². The normalized spacial score (nSPS) is 27.2. The van der Waals surface area contributed by atoms with Crippen LogP contribution >= 0.6 is 0 Å². The SMILES string of the molecule is FC1(F)CN(c2cnc3c(c2)NC[C@H]2CNCCN32)C1. The molecule has 4 rings (SSSR count). The highest BCUT2D eigenvalue weighted by Crippen LogP contribution is 2.36. The van der Waals surface area contributed by atoms with Crippen LogP contribution in [0.3, 0.4) is 0 Å². The average molecular weight is 281 g/mol. The summed E-state index contributed by atoms with van der Waals surface area (Å²) >= 11 is 0. The molecule has 3 aliphatic rings. The highest BCUT2D eigenvalue weighted by Gasteiger charge is 2.44. The summed E-state index contributed by atoms with van der Waals surface area (Å²) in [6, 6.07) is 2.36. The topological polar surface area (TPSA) is 43.4 Å². The zero-order valence-electron chi connectivity index (χ0n) is 11.1. The fourth-order valence-electron chi connectivity index (χ4n) is 3.12. The number of nitrogens with one attached hydrogen (secondary N) is 2. The van der Waals surface area contributed by atoms with Crippen LogP contribution in [-0.4, -0.2) is 56.2 Å². The van der Waals surface area contributed by atoms with Crippen molar-refractivity contribution in [3.63, 3.8) is 0 Å². The number of nitrogens with zero attached hydrogens (tertiary/aromatic N) is 3.